The van der Waals surface area contributed by atoms with Gasteiger partial charge in [-0.1, -0.05) is 192 Å². The highest BCUT2D eigenvalue weighted by Crippen LogP contribution is 2.15. The molecule has 0 saturated carbocycles. The van der Waals surface area contributed by atoms with Crippen LogP contribution in [0.15, 0.2) is 36.5 Å². The zero-order valence-corrected chi connectivity index (χ0v) is 42.0. The van der Waals surface area contributed by atoms with E-state index in [9.17, 15) is 19.5 Å². The smallest absolute Gasteiger partial charge is 0.362 e. The van der Waals surface area contributed by atoms with E-state index in [0.29, 0.717) is 19.3 Å². The van der Waals surface area contributed by atoms with Crippen molar-refractivity contribution in [2.45, 2.75) is 257 Å². The number of quaternary nitrogens is 1. The average molecular weight is 889 g/mol. The largest absolute Gasteiger partial charge is 0.477 e. The minimum Gasteiger partial charge on any atom is -0.477 e. The number of unbranched alkanes of at least 4 members (excludes halogenated alkanes) is 28. The van der Waals surface area contributed by atoms with Crippen LogP contribution in [0.5, 0.6) is 0 Å². The van der Waals surface area contributed by atoms with Gasteiger partial charge in [0.2, 0.25) is 0 Å². The van der Waals surface area contributed by atoms with Crippen LogP contribution in [-0.2, 0) is 28.6 Å². The second-order valence-electron chi connectivity index (χ2n) is 19.1. The molecule has 0 aromatic heterocycles. The van der Waals surface area contributed by atoms with E-state index >= 15 is 0 Å². The Bertz CT molecular complexity index is 1130. The minimum absolute atomic E-state index is 0.0567. The van der Waals surface area contributed by atoms with Crippen molar-refractivity contribution in [3.8, 4) is 0 Å². The number of ether oxygens (including phenoxy) is 3. The SMILES string of the molecule is CCCCCCCCC/C=C/CCCCCCCC(=O)OC(COCCC(C(=O)O)[N+](C)(C)C)COC(=O)CCCCCCCCC/C=C/C/C=C/CCCCCCCCCCC. The first-order valence-electron chi connectivity index (χ1n) is 26.5. The summed E-state index contributed by atoms with van der Waals surface area (Å²) in [5, 5.41) is 9.65. The lowest BCUT2D eigenvalue weighted by atomic mass is 10.1. The summed E-state index contributed by atoms with van der Waals surface area (Å²) < 4.78 is 17.4. The monoisotopic (exact) mass is 889 g/mol. The number of carboxylic acids is 1. The van der Waals surface area contributed by atoms with Gasteiger partial charge < -0.3 is 23.8 Å². The van der Waals surface area contributed by atoms with Crippen LogP contribution in [0.3, 0.4) is 0 Å². The fraction of sp³-hybridized carbons (Fsp3) is 0.836. The molecule has 2 atom stereocenters. The van der Waals surface area contributed by atoms with Gasteiger partial charge in [-0.15, -0.1) is 0 Å². The molecule has 2 unspecified atom stereocenters. The fourth-order valence-electron chi connectivity index (χ4n) is 7.88. The van der Waals surface area contributed by atoms with Crippen molar-refractivity contribution >= 4 is 17.9 Å². The van der Waals surface area contributed by atoms with Gasteiger partial charge in [0, 0.05) is 19.3 Å². The molecule has 0 heterocycles. The predicted molar refractivity (Wildman–Crippen MR) is 266 cm³/mol. The molecule has 0 aromatic carbocycles. The van der Waals surface area contributed by atoms with Crippen molar-refractivity contribution in [1.29, 1.82) is 0 Å². The molecule has 1 N–H and O–H groups in total. The lowest BCUT2D eigenvalue weighted by Gasteiger charge is -2.31. The third-order valence-corrected chi connectivity index (χ3v) is 12.0. The molecule has 0 saturated heterocycles. The molecule has 8 nitrogen and oxygen atoms in total. The zero-order chi connectivity index (χ0) is 46.3. The highest BCUT2D eigenvalue weighted by Gasteiger charge is 2.31. The molecule has 0 aliphatic rings. The van der Waals surface area contributed by atoms with E-state index in [4.69, 9.17) is 14.2 Å². The summed E-state index contributed by atoms with van der Waals surface area (Å²) in [7, 11) is 5.53. The first kappa shape index (κ1) is 60.5. The van der Waals surface area contributed by atoms with Gasteiger partial charge in [0.15, 0.2) is 12.1 Å². The van der Waals surface area contributed by atoms with E-state index in [0.717, 1.165) is 64.2 Å². The van der Waals surface area contributed by atoms with E-state index in [1.54, 1.807) is 0 Å². The molecule has 0 aliphatic heterocycles. The third-order valence-electron chi connectivity index (χ3n) is 12.0. The van der Waals surface area contributed by atoms with Crippen LogP contribution in [0.2, 0.25) is 0 Å². The molecule has 8 heteroatoms. The summed E-state index contributed by atoms with van der Waals surface area (Å²) in [4.78, 5) is 37.2. The van der Waals surface area contributed by atoms with Gasteiger partial charge in [0.25, 0.3) is 0 Å². The van der Waals surface area contributed by atoms with Gasteiger partial charge in [-0.05, 0) is 70.6 Å². The number of allylic oxidation sites excluding steroid dienone is 6. The van der Waals surface area contributed by atoms with Crippen molar-refractivity contribution in [1.82, 2.24) is 0 Å². The molecule has 0 aromatic rings. The fourth-order valence-corrected chi connectivity index (χ4v) is 7.88. The van der Waals surface area contributed by atoms with Crippen LogP contribution >= 0.6 is 0 Å². The maximum absolute atomic E-state index is 12.8. The number of carboxylic acid groups (broad SMARTS) is 1. The van der Waals surface area contributed by atoms with Gasteiger partial charge in [-0.3, -0.25) is 9.59 Å². The van der Waals surface area contributed by atoms with E-state index in [-0.39, 0.29) is 36.2 Å². The van der Waals surface area contributed by atoms with Crippen molar-refractivity contribution in [2.75, 3.05) is 41.0 Å². The topological polar surface area (TPSA) is 99.1 Å². The maximum Gasteiger partial charge on any atom is 0.362 e. The summed E-state index contributed by atoms with van der Waals surface area (Å²) in [5.41, 5.74) is 0. The highest BCUT2D eigenvalue weighted by molar-refractivity contribution is 5.72. The Kier molecular flexibility index (Phi) is 44.3. The lowest BCUT2D eigenvalue weighted by Crippen LogP contribution is -2.50. The number of likely N-dealkylation sites (N-methyl/N-ethyl adjacent to an activating group) is 1. The molecule has 0 amide bonds. The standard InChI is InChI=1S/C55H101NO7/c1-6-8-10-12-14-16-18-20-22-24-25-26-27-28-29-30-32-33-35-37-39-41-43-45-53(57)62-50-51(49-61-48-47-52(55(59)60)56(3,4)5)63-54(58)46-44-42-40-38-36-34-31-23-21-19-17-15-13-11-9-7-2/h23,25-26,28-29,31,51-52H,6-22,24,27,30,32-50H2,1-5H3/p+1/b26-25+,29-28+,31-23+. The normalized spacial score (nSPS) is 13.1. The van der Waals surface area contributed by atoms with E-state index in [2.05, 4.69) is 50.3 Å². The molecule has 0 bridgehead atoms. The minimum atomic E-state index is -0.876. The highest BCUT2D eigenvalue weighted by atomic mass is 16.6. The number of carbonyl (C=O) groups excluding carboxylic acids is 2. The molecule has 63 heavy (non-hydrogen) atoms. The molecular formula is C55H102NO7+. The lowest BCUT2D eigenvalue weighted by molar-refractivity contribution is -0.887. The summed E-state index contributed by atoms with van der Waals surface area (Å²) in [5.74, 6) is -1.48. The number of hydrogen-bond donors (Lipinski definition) is 1. The van der Waals surface area contributed by atoms with Crippen LogP contribution in [-0.4, -0.2) is 80.6 Å². The van der Waals surface area contributed by atoms with Crippen LogP contribution < -0.4 is 0 Å². The molecule has 0 spiro atoms. The van der Waals surface area contributed by atoms with Gasteiger partial charge in [-0.25, -0.2) is 4.79 Å². The Labute approximate surface area is 389 Å². The Morgan fingerprint density at radius 2 is 0.841 bits per heavy atom. The molecule has 0 rings (SSSR count). The van der Waals surface area contributed by atoms with Crippen LogP contribution in [0, 0.1) is 0 Å². The van der Waals surface area contributed by atoms with E-state index < -0.39 is 18.1 Å². The van der Waals surface area contributed by atoms with Gasteiger partial charge in [0.1, 0.15) is 6.61 Å². The Balaban J connectivity index is 4.22. The zero-order valence-electron chi connectivity index (χ0n) is 42.0. The number of nitrogens with zero attached hydrogens (tertiary/aromatic N) is 1. The van der Waals surface area contributed by atoms with Crippen LogP contribution in [0.4, 0.5) is 0 Å². The van der Waals surface area contributed by atoms with Crippen LogP contribution in [0.1, 0.15) is 245 Å². The average Bonchev–Trinajstić information content (AvgIpc) is 3.24. The van der Waals surface area contributed by atoms with Gasteiger partial charge >= 0.3 is 17.9 Å². The summed E-state index contributed by atoms with van der Waals surface area (Å²) in [6, 6.07) is -0.617. The number of hydrogen-bond acceptors (Lipinski definition) is 6. The Morgan fingerprint density at radius 3 is 1.24 bits per heavy atom. The van der Waals surface area contributed by atoms with E-state index in [1.807, 2.05) is 21.1 Å². The molecule has 0 aliphatic carbocycles. The second kappa shape index (κ2) is 46.1. The van der Waals surface area contributed by atoms with Crippen molar-refractivity contribution in [3.63, 3.8) is 0 Å². The number of rotatable bonds is 48. The van der Waals surface area contributed by atoms with Gasteiger partial charge in [0.05, 0.1) is 34.4 Å². The maximum atomic E-state index is 12.8. The Morgan fingerprint density at radius 1 is 0.476 bits per heavy atom. The summed E-state index contributed by atoms with van der Waals surface area (Å²) in [6.07, 6.45) is 54.8. The Hall–Kier alpha value is -2.45. The molecule has 0 radical (unpaired) electrons. The van der Waals surface area contributed by atoms with Crippen molar-refractivity contribution in [3.05, 3.63) is 36.5 Å². The predicted octanol–water partition coefficient (Wildman–Crippen LogP) is 15.4. The summed E-state index contributed by atoms with van der Waals surface area (Å²) in [6.45, 7) is 4.75. The van der Waals surface area contributed by atoms with Crippen molar-refractivity contribution < 1.29 is 38.2 Å². The van der Waals surface area contributed by atoms with E-state index in [1.165, 1.54) is 148 Å². The van der Waals surface area contributed by atoms with Crippen LogP contribution in [0.25, 0.3) is 0 Å². The first-order chi connectivity index (χ1) is 30.6. The number of esters is 2. The number of carbonyl (C=O) groups is 3. The quantitative estimate of drug-likeness (QED) is 0.0281. The molecule has 0 fully saturated rings. The third kappa shape index (κ3) is 44.5. The first-order valence-corrected chi connectivity index (χ1v) is 26.5. The molecular weight excluding hydrogens is 787 g/mol. The number of aliphatic carboxylic acids is 1. The summed E-state index contributed by atoms with van der Waals surface area (Å²) >= 11 is 0. The van der Waals surface area contributed by atoms with Crippen molar-refractivity contribution in [2.24, 2.45) is 0 Å². The van der Waals surface area contributed by atoms with Gasteiger partial charge in [-0.2, -0.15) is 0 Å². The second-order valence-corrected chi connectivity index (χ2v) is 19.1. The molecule has 368 valence electrons.